The van der Waals surface area contributed by atoms with Crippen molar-refractivity contribution in [3.63, 3.8) is 0 Å². The first-order valence-electron chi connectivity index (χ1n) is 5.84. The molecule has 79 valence electrons. The molecule has 0 heterocycles. The minimum absolute atomic E-state index is 0.603. The van der Waals surface area contributed by atoms with Crippen LogP contribution in [0.2, 0.25) is 0 Å². The monoisotopic (exact) mass is 207 g/mol. The van der Waals surface area contributed by atoms with Crippen LogP contribution < -0.4 is 0 Å². The molecular weight excluding hydrogens is 192 g/mol. The zero-order chi connectivity index (χ0) is 11.1. The molecule has 0 spiro atoms. The normalized spacial score (nSPS) is 14.3. The fourth-order valence-corrected chi connectivity index (χ4v) is 2.32. The third kappa shape index (κ3) is 1.37. The second-order valence-electron chi connectivity index (χ2n) is 4.73. The van der Waals surface area contributed by atoms with Crippen LogP contribution in [0.1, 0.15) is 25.0 Å². The second kappa shape index (κ2) is 3.48. The average molecular weight is 207 g/mol. The van der Waals surface area contributed by atoms with Crippen LogP contribution in [0, 0.1) is 12.3 Å². The molecule has 0 aromatic heterocycles. The Morgan fingerprint density at radius 1 is 0.938 bits per heavy atom. The van der Waals surface area contributed by atoms with Gasteiger partial charge < -0.3 is 0 Å². The van der Waals surface area contributed by atoms with E-state index in [1.54, 1.807) is 0 Å². The summed E-state index contributed by atoms with van der Waals surface area (Å²) in [6.07, 6.45) is 4.65. The van der Waals surface area contributed by atoms with Gasteiger partial charge in [-0.2, -0.15) is 0 Å². The van der Waals surface area contributed by atoms with Gasteiger partial charge in [0.05, 0.1) is 0 Å². The molecule has 16 heavy (non-hydrogen) atoms. The Morgan fingerprint density at radius 2 is 1.75 bits per heavy atom. The molecule has 0 aliphatic heterocycles. The van der Waals surface area contributed by atoms with E-state index in [1.165, 1.54) is 27.5 Å². The molecule has 3 rings (SSSR count). The van der Waals surface area contributed by atoms with Gasteiger partial charge in [-0.3, -0.25) is 0 Å². The first kappa shape index (κ1) is 9.65. The summed E-state index contributed by atoms with van der Waals surface area (Å²) in [5.41, 5.74) is 4.19. The summed E-state index contributed by atoms with van der Waals surface area (Å²) in [7, 11) is 0. The van der Waals surface area contributed by atoms with Crippen LogP contribution in [-0.2, 0) is 0 Å². The maximum atomic E-state index is 2.34. The number of rotatable bonds is 1. The van der Waals surface area contributed by atoms with Crippen molar-refractivity contribution in [2.24, 2.45) is 5.92 Å². The summed E-state index contributed by atoms with van der Waals surface area (Å²) in [5, 5.41) is 2.70. The maximum absolute atomic E-state index is 2.34. The van der Waals surface area contributed by atoms with Gasteiger partial charge in [-0.05, 0) is 27.8 Å². The zero-order valence-corrected chi connectivity index (χ0v) is 9.70. The molecule has 2 aromatic rings. The van der Waals surface area contributed by atoms with E-state index < -0.39 is 0 Å². The number of benzene rings is 2. The first-order chi connectivity index (χ1) is 7.75. The standard InChI is InChI=1S/C16H15/c1-11(2)14-9-13-8-7-12-5-3-4-6-15(12)16(13)10-14/h3-11H,1-2H3. The van der Waals surface area contributed by atoms with E-state index in [9.17, 15) is 0 Å². The summed E-state index contributed by atoms with van der Waals surface area (Å²) in [6.45, 7) is 4.49. The smallest absolute Gasteiger partial charge is 0.0167 e. The Hall–Kier alpha value is -1.56. The van der Waals surface area contributed by atoms with Crippen LogP contribution in [0.4, 0.5) is 0 Å². The lowest BCUT2D eigenvalue weighted by Gasteiger charge is -2.04. The van der Waals surface area contributed by atoms with Crippen molar-refractivity contribution in [1.29, 1.82) is 0 Å². The van der Waals surface area contributed by atoms with Crippen LogP contribution >= 0.6 is 0 Å². The Morgan fingerprint density at radius 3 is 2.56 bits per heavy atom. The lowest BCUT2D eigenvalue weighted by atomic mass is 10.00. The van der Waals surface area contributed by atoms with Crippen LogP contribution in [0.5, 0.6) is 0 Å². The van der Waals surface area contributed by atoms with E-state index in [-0.39, 0.29) is 0 Å². The molecule has 0 nitrogen and oxygen atoms in total. The number of allylic oxidation sites excluding steroid dienone is 1. The Kier molecular flexibility index (Phi) is 2.10. The Balaban J connectivity index is 2.25. The molecule has 0 saturated carbocycles. The minimum Gasteiger partial charge on any atom is -0.0616 e. The number of hydrogen-bond acceptors (Lipinski definition) is 0. The fourth-order valence-electron chi connectivity index (χ4n) is 2.32. The summed E-state index contributed by atoms with van der Waals surface area (Å²) in [5.74, 6) is 0.603. The summed E-state index contributed by atoms with van der Waals surface area (Å²) in [6, 6.07) is 13.0. The van der Waals surface area contributed by atoms with Gasteiger partial charge in [-0.15, -0.1) is 0 Å². The summed E-state index contributed by atoms with van der Waals surface area (Å²) >= 11 is 0. The van der Waals surface area contributed by atoms with Crippen molar-refractivity contribution >= 4 is 16.8 Å². The molecule has 1 aliphatic rings. The highest BCUT2D eigenvalue weighted by molar-refractivity contribution is 5.95. The lowest BCUT2D eigenvalue weighted by molar-refractivity contribution is 0.789. The average Bonchev–Trinajstić information content (AvgIpc) is 2.73. The highest BCUT2D eigenvalue weighted by Crippen LogP contribution is 2.35. The zero-order valence-electron chi connectivity index (χ0n) is 9.70. The highest BCUT2D eigenvalue weighted by atomic mass is 14.2. The van der Waals surface area contributed by atoms with Crippen molar-refractivity contribution in [2.45, 2.75) is 13.8 Å². The van der Waals surface area contributed by atoms with Gasteiger partial charge >= 0.3 is 0 Å². The third-order valence-corrected chi connectivity index (χ3v) is 3.30. The lowest BCUT2D eigenvalue weighted by Crippen LogP contribution is -1.90. The third-order valence-electron chi connectivity index (χ3n) is 3.30. The molecule has 1 radical (unpaired) electrons. The predicted octanol–water partition coefficient (Wildman–Crippen LogP) is 4.45. The van der Waals surface area contributed by atoms with E-state index in [0.29, 0.717) is 5.92 Å². The van der Waals surface area contributed by atoms with Gasteiger partial charge in [0.1, 0.15) is 0 Å². The van der Waals surface area contributed by atoms with Gasteiger partial charge in [0.15, 0.2) is 0 Å². The minimum atomic E-state index is 0.603. The van der Waals surface area contributed by atoms with Gasteiger partial charge in [0.2, 0.25) is 0 Å². The predicted molar refractivity (Wildman–Crippen MR) is 70.2 cm³/mol. The summed E-state index contributed by atoms with van der Waals surface area (Å²) < 4.78 is 0. The quantitative estimate of drug-likeness (QED) is 0.648. The summed E-state index contributed by atoms with van der Waals surface area (Å²) in [4.78, 5) is 0. The van der Waals surface area contributed by atoms with Crippen LogP contribution in [-0.4, -0.2) is 0 Å². The maximum Gasteiger partial charge on any atom is 0.0167 e. The molecule has 0 atom stereocenters. The Bertz CT molecular complexity index is 574. The molecule has 0 saturated heterocycles. The van der Waals surface area contributed by atoms with E-state index in [4.69, 9.17) is 0 Å². The van der Waals surface area contributed by atoms with Gasteiger partial charge in [-0.25, -0.2) is 0 Å². The van der Waals surface area contributed by atoms with Crippen molar-refractivity contribution in [3.8, 4) is 0 Å². The molecular formula is C16H15. The molecule has 2 aromatic carbocycles. The number of fused-ring (bicyclic) bond motifs is 3. The van der Waals surface area contributed by atoms with Gasteiger partial charge in [0, 0.05) is 6.42 Å². The van der Waals surface area contributed by atoms with Crippen LogP contribution in [0.3, 0.4) is 0 Å². The number of hydrogen-bond donors (Lipinski definition) is 0. The SMILES string of the molecule is CC(C)C1=Cc2c(ccc3ccccc23)[CH]1. The second-order valence-corrected chi connectivity index (χ2v) is 4.73. The first-order valence-corrected chi connectivity index (χ1v) is 5.84. The Labute approximate surface area is 96.6 Å². The van der Waals surface area contributed by atoms with Crippen molar-refractivity contribution < 1.29 is 0 Å². The van der Waals surface area contributed by atoms with E-state index in [1.807, 2.05) is 0 Å². The highest BCUT2D eigenvalue weighted by Gasteiger charge is 2.16. The van der Waals surface area contributed by atoms with Crippen LogP contribution in [0.25, 0.3) is 16.8 Å². The van der Waals surface area contributed by atoms with E-state index in [2.05, 4.69) is 62.7 Å². The molecule has 1 aliphatic carbocycles. The van der Waals surface area contributed by atoms with Gasteiger partial charge in [-0.1, -0.05) is 61.9 Å². The van der Waals surface area contributed by atoms with E-state index >= 15 is 0 Å². The van der Waals surface area contributed by atoms with E-state index in [0.717, 1.165) is 0 Å². The molecule has 0 N–H and O–H groups in total. The molecule has 0 amide bonds. The van der Waals surface area contributed by atoms with Crippen molar-refractivity contribution in [1.82, 2.24) is 0 Å². The van der Waals surface area contributed by atoms with Crippen molar-refractivity contribution in [2.75, 3.05) is 0 Å². The topological polar surface area (TPSA) is 0 Å². The van der Waals surface area contributed by atoms with Crippen molar-refractivity contribution in [3.05, 3.63) is 59.5 Å². The van der Waals surface area contributed by atoms with Gasteiger partial charge in [0.25, 0.3) is 0 Å². The molecule has 0 heteroatoms. The molecule has 0 bridgehead atoms. The van der Waals surface area contributed by atoms with Crippen LogP contribution in [0.15, 0.2) is 42.0 Å². The largest absolute Gasteiger partial charge is 0.0616 e. The molecule has 0 fully saturated rings. The molecule has 0 unspecified atom stereocenters. The fraction of sp³-hybridized carbons (Fsp3) is 0.188.